The molecule has 1 N–H and O–H groups in total. The van der Waals surface area contributed by atoms with Crippen LogP contribution in [0.2, 0.25) is 0 Å². The normalized spacial score (nSPS) is 19.3. The third-order valence-corrected chi connectivity index (χ3v) is 4.81. The van der Waals surface area contributed by atoms with Crippen LogP contribution in [-0.4, -0.2) is 29.7 Å². The van der Waals surface area contributed by atoms with Crippen LogP contribution in [0.25, 0.3) is 0 Å². The van der Waals surface area contributed by atoms with Gasteiger partial charge in [-0.25, -0.2) is 0 Å². The molecule has 26 heavy (non-hydrogen) atoms. The van der Waals surface area contributed by atoms with E-state index in [0.717, 1.165) is 18.9 Å². The number of thioether (sulfide) groups is 1. The number of rotatable bonds is 6. The van der Waals surface area contributed by atoms with Crippen molar-refractivity contribution < 1.29 is 19.2 Å². The van der Waals surface area contributed by atoms with E-state index in [-0.39, 0.29) is 21.9 Å². The summed E-state index contributed by atoms with van der Waals surface area (Å²) in [6.07, 6.45) is 1.59. The quantitative estimate of drug-likeness (QED) is 0.267. The Kier molecular flexibility index (Phi) is 6.14. The molecule has 0 saturated carbocycles. The molecule has 0 aromatic heterocycles. The van der Waals surface area contributed by atoms with Crippen LogP contribution in [0, 0.1) is 27.4 Å². The highest BCUT2D eigenvalue weighted by Crippen LogP contribution is 2.43. The largest absolute Gasteiger partial charge is 0.468 e. The fourth-order valence-corrected chi connectivity index (χ4v) is 3.50. The van der Waals surface area contributed by atoms with Gasteiger partial charge in [0.1, 0.15) is 5.92 Å². The number of methoxy groups -OCH3 is 1. The van der Waals surface area contributed by atoms with Gasteiger partial charge in [-0.2, -0.15) is 5.26 Å². The van der Waals surface area contributed by atoms with Crippen LogP contribution in [0.15, 0.2) is 47.5 Å². The number of hydrogen-bond donors (Lipinski definition) is 1. The number of nitriles is 1. The lowest BCUT2D eigenvalue weighted by atomic mass is 9.78. The van der Waals surface area contributed by atoms with E-state index in [1.54, 1.807) is 12.1 Å². The predicted molar refractivity (Wildman–Crippen MR) is 94.8 cm³/mol. The molecular formula is C17H15N3O5S. The van der Waals surface area contributed by atoms with E-state index in [0.29, 0.717) is 5.75 Å². The van der Waals surface area contributed by atoms with Gasteiger partial charge in [0.25, 0.3) is 5.69 Å². The third-order valence-electron chi connectivity index (χ3n) is 3.80. The molecule has 1 aliphatic heterocycles. The van der Waals surface area contributed by atoms with Gasteiger partial charge in [0.2, 0.25) is 5.91 Å². The van der Waals surface area contributed by atoms with Crippen molar-refractivity contribution in [3.63, 3.8) is 0 Å². The second-order valence-corrected chi connectivity index (χ2v) is 6.27. The fraction of sp³-hybridized carbons (Fsp3) is 0.235. The lowest BCUT2D eigenvalue weighted by molar-refractivity contribution is -0.385. The van der Waals surface area contributed by atoms with Crippen molar-refractivity contribution >= 4 is 29.3 Å². The lowest BCUT2D eigenvalue weighted by Crippen LogP contribution is -2.44. The number of para-hydroxylation sites is 1. The number of amides is 1. The van der Waals surface area contributed by atoms with Crippen molar-refractivity contribution in [3.8, 4) is 6.07 Å². The van der Waals surface area contributed by atoms with Gasteiger partial charge in [0, 0.05) is 17.4 Å². The maximum Gasteiger partial charge on any atom is 0.319 e. The van der Waals surface area contributed by atoms with Crippen molar-refractivity contribution in [2.45, 2.75) is 5.92 Å². The first-order chi connectivity index (χ1) is 12.5. The number of benzene rings is 1. The molecule has 0 unspecified atom stereocenters. The van der Waals surface area contributed by atoms with Crippen molar-refractivity contribution in [1.29, 1.82) is 5.26 Å². The number of nitrogens with zero attached hydrogens (tertiary/aromatic N) is 2. The number of hydrogen-bond acceptors (Lipinski definition) is 7. The van der Waals surface area contributed by atoms with Gasteiger partial charge >= 0.3 is 5.97 Å². The summed E-state index contributed by atoms with van der Waals surface area (Å²) < 4.78 is 4.70. The highest BCUT2D eigenvalue weighted by Gasteiger charge is 2.46. The molecule has 134 valence electrons. The van der Waals surface area contributed by atoms with Gasteiger partial charge in [-0.3, -0.25) is 19.7 Å². The van der Waals surface area contributed by atoms with E-state index < -0.39 is 28.6 Å². The van der Waals surface area contributed by atoms with Crippen molar-refractivity contribution in [3.05, 3.63) is 63.2 Å². The summed E-state index contributed by atoms with van der Waals surface area (Å²) in [6.45, 7) is 3.58. The SMILES string of the molecule is C=CCSC1=C(C#N)[C@@H](c2ccccc2[N+](=O)[O-])[C@H](C(=O)OC)C(=O)N1. The average molecular weight is 373 g/mol. The number of nitro groups is 1. The number of allylic oxidation sites excluding steroid dienone is 1. The number of carbonyl (C=O) groups excluding carboxylic acids is 2. The van der Waals surface area contributed by atoms with Gasteiger partial charge in [-0.15, -0.1) is 18.3 Å². The Balaban J connectivity index is 2.73. The maximum atomic E-state index is 12.5. The van der Waals surface area contributed by atoms with Gasteiger partial charge in [0.15, 0.2) is 0 Å². The summed E-state index contributed by atoms with van der Waals surface area (Å²) in [5.74, 6) is -3.65. The third kappa shape index (κ3) is 3.60. The zero-order valence-electron chi connectivity index (χ0n) is 13.8. The second kappa shape index (κ2) is 8.31. The molecule has 0 bridgehead atoms. The van der Waals surface area contributed by atoms with E-state index in [1.165, 1.54) is 18.2 Å². The first-order valence-electron chi connectivity index (χ1n) is 7.46. The van der Waals surface area contributed by atoms with E-state index in [4.69, 9.17) is 4.74 Å². The van der Waals surface area contributed by atoms with Crippen LogP contribution in [-0.2, 0) is 14.3 Å². The summed E-state index contributed by atoms with van der Waals surface area (Å²) >= 11 is 1.15. The Morgan fingerprint density at radius 1 is 1.54 bits per heavy atom. The van der Waals surface area contributed by atoms with Crippen LogP contribution >= 0.6 is 11.8 Å². The molecule has 0 fully saturated rings. The molecule has 1 amide bonds. The zero-order chi connectivity index (χ0) is 19.3. The summed E-state index contributed by atoms with van der Waals surface area (Å²) in [6, 6.07) is 7.71. The molecule has 0 spiro atoms. The first kappa shape index (κ1) is 19.2. The van der Waals surface area contributed by atoms with E-state index in [9.17, 15) is 25.0 Å². The summed E-state index contributed by atoms with van der Waals surface area (Å²) in [5.41, 5.74) is -0.0981. The monoisotopic (exact) mass is 373 g/mol. The Hall–Kier alpha value is -3.12. The van der Waals surface area contributed by atoms with Crippen LogP contribution in [0.1, 0.15) is 11.5 Å². The minimum absolute atomic E-state index is 0.0705. The highest BCUT2D eigenvalue weighted by molar-refractivity contribution is 8.03. The van der Waals surface area contributed by atoms with Crippen LogP contribution in [0.3, 0.4) is 0 Å². The molecule has 0 aliphatic carbocycles. The summed E-state index contributed by atoms with van der Waals surface area (Å²) in [7, 11) is 1.11. The molecule has 2 atom stereocenters. The smallest absolute Gasteiger partial charge is 0.319 e. The molecule has 9 heteroatoms. The summed E-state index contributed by atoms with van der Waals surface area (Å²) in [4.78, 5) is 35.5. The fourth-order valence-electron chi connectivity index (χ4n) is 2.71. The molecule has 1 aromatic rings. The second-order valence-electron chi connectivity index (χ2n) is 5.24. The number of carbonyl (C=O) groups is 2. The Labute approximate surface area is 153 Å². The maximum absolute atomic E-state index is 12.5. The number of esters is 1. The first-order valence-corrected chi connectivity index (χ1v) is 8.44. The Morgan fingerprint density at radius 2 is 2.23 bits per heavy atom. The topological polar surface area (TPSA) is 122 Å². The van der Waals surface area contributed by atoms with Crippen LogP contribution in [0.4, 0.5) is 5.69 Å². The highest BCUT2D eigenvalue weighted by atomic mass is 32.2. The molecule has 0 radical (unpaired) electrons. The molecule has 0 saturated heterocycles. The molecule has 8 nitrogen and oxygen atoms in total. The number of nitrogens with one attached hydrogen (secondary N) is 1. The van der Waals surface area contributed by atoms with Crippen molar-refractivity contribution in [1.82, 2.24) is 5.32 Å². The minimum atomic E-state index is -1.40. The molecule has 2 rings (SSSR count). The molecular weight excluding hydrogens is 358 g/mol. The van der Waals surface area contributed by atoms with E-state index >= 15 is 0 Å². The van der Waals surface area contributed by atoms with Gasteiger partial charge in [0.05, 0.1) is 34.6 Å². The molecule has 1 aromatic carbocycles. The molecule has 1 heterocycles. The number of ether oxygens (including phenoxy) is 1. The van der Waals surface area contributed by atoms with E-state index in [2.05, 4.69) is 11.9 Å². The van der Waals surface area contributed by atoms with Gasteiger partial charge in [-0.1, -0.05) is 24.3 Å². The standard InChI is InChI=1S/C17H15N3O5S/c1-3-8-26-16-11(9-18)13(14(15(21)19-16)17(22)25-2)10-6-4-5-7-12(10)20(23)24/h3-7,13-14H,1,8H2,2H3,(H,19,21)/t13-,14+/m1/s1. The lowest BCUT2D eigenvalue weighted by Gasteiger charge is -2.30. The average Bonchev–Trinajstić information content (AvgIpc) is 2.64. The van der Waals surface area contributed by atoms with Crippen molar-refractivity contribution in [2.75, 3.05) is 12.9 Å². The number of nitro benzene ring substituents is 1. The summed E-state index contributed by atoms with van der Waals surface area (Å²) in [5, 5.41) is 23.9. The Bertz CT molecular complexity index is 843. The Morgan fingerprint density at radius 3 is 2.81 bits per heavy atom. The predicted octanol–water partition coefficient (Wildman–Crippen LogP) is 2.25. The van der Waals surface area contributed by atoms with E-state index in [1.807, 2.05) is 6.07 Å². The minimum Gasteiger partial charge on any atom is -0.468 e. The van der Waals surface area contributed by atoms with Crippen molar-refractivity contribution in [2.24, 2.45) is 5.92 Å². The van der Waals surface area contributed by atoms with Gasteiger partial charge in [-0.05, 0) is 0 Å². The van der Waals surface area contributed by atoms with Crippen LogP contribution in [0.5, 0.6) is 0 Å². The molecule has 1 aliphatic rings. The zero-order valence-corrected chi connectivity index (χ0v) is 14.6. The van der Waals surface area contributed by atoms with Crippen LogP contribution < -0.4 is 5.32 Å². The van der Waals surface area contributed by atoms with Gasteiger partial charge < -0.3 is 10.1 Å².